The standard InChI is InChI=1S/C28H44N4O6/c1-27(2,3)38-26(37)31-21(18-9-11-28(12-10-18)13-14-28)25(36)32-15-5-8-20(32)24(35)30-19(22(33)23(29)34)16-17-6-4-7-17/h17-21H,4-16H2,1-3H3,(H2,29,34)(H,30,35)(H,31,37)/t19?,20-,21-/m0/s1. The summed E-state index contributed by atoms with van der Waals surface area (Å²) in [6.45, 7) is 5.70. The van der Waals surface area contributed by atoms with Gasteiger partial charge in [-0.15, -0.1) is 0 Å². The fourth-order valence-electron chi connectivity index (χ4n) is 6.29. The van der Waals surface area contributed by atoms with Gasteiger partial charge in [0.15, 0.2) is 0 Å². The highest BCUT2D eigenvalue weighted by Crippen LogP contribution is 2.57. The SMILES string of the molecule is CC(C)(C)OC(=O)N[C@H](C(=O)N1CCC[C@H]1C(=O)NC(CC1CCC1)C(=O)C(N)=O)C1CCC2(CC1)CC2. The maximum atomic E-state index is 13.9. The summed E-state index contributed by atoms with van der Waals surface area (Å²) < 4.78 is 5.47. The van der Waals surface area contributed by atoms with Gasteiger partial charge in [0.25, 0.3) is 5.91 Å². The van der Waals surface area contributed by atoms with E-state index in [-0.39, 0.29) is 17.7 Å². The Hall–Kier alpha value is -2.65. The third-order valence-electron chi connectivity index (χ3n) is 8.97. The quantitative estimate of drug-likeness (QED) is 0.389. The highest BCUT2D eigenvalue weighted by Gasteiger charge is 2.48. The number of rotatable bonds is 9. The first-order chi connectivity index (χ1) is 17.9. The van der Waals surface area contributed by atoms with E-state index < -0.39 is 47.4 Å². The molecular formula is C28H44N4O6. The molecule has 1 unspecified atom stereocenters. The van der Waals surface area contributed by atoms with Crippen LogP contribution in [0.3, 0.4) is 0 Å². The lowest BCUT2D eigenvalue weighted by atomic mass is 9.76. The number of hydrogen-bond donors (Lipinski definition) is 3. The van der Waals surface area contributed by atoms with Crippen LogP contribution >= 0.6 is 0 Å². The van der Waals surface area contributed by atoms with Crippen molar-refractivity contribution in [3.8, 4) is 0 Å². The van der Waals surface area contributed by atoms with E-state index in [0.29, 0.717) is 31.2 Å². The van der Waals surface area contributed by atoms with Crippen LogP contribution in [0.5, 0.6) is 0 Å². The number of amides is 4. The zero-order valence-electron chi connectivity index (χ0n) is 23.1. The van der Waals surface area contributed by atoms with Crippen LogP contribution in [0.4, 0.5) is 4.79 Å². The third-order valence-corrected chi connectivity index (χ3v) is 8.97. The molecule has 0 aromatic rings. The Morgan fingerprint density at radius 2 is 1.61 bits per heavy atom. The van der Waals surface area contributed by atoms with E-state index in [0.717, 1.165) is 44.9 Å². The molecule has 0 aromatic heterocycles. The third kappa shape index (κ3) is 6.86. The number of primary amides is 1. The van der Waals surface area contributed by atoms with Crippen LogP contribution in [-0.4, -0.2) is 64.8 Å². The molecule has 3 aliphatic carbocycles. The average molecular weight is 533 g/mol. The van der Waals surface area contributed by atoms with Gasteiger partial charge in [-0.25, -0.2) is 4.79 Å². The molecule has 1 aliphatic heterocycles. The largest absolute Gasteiger partial charge is 0.444 e. The van der Waals surface area contributed by atoms with Gasteiger partial charge in [-0.2, -0.15) is 0 Å². The first-order valence-electron chi connectivity index (χ1n) is 14.3. The molecule has 0 bridgehead atoms. The number of ether oxygens (including phenoxy) is 1. The molecule has 0 radical (unpaired) electrons. The van der Waals surface area contributed by atoms with E-state index in [2.05, 4.69) is 10.6 Å². The van der Waals surface area contributed by atoms with E-state index in [1.807, 2.05) is 0 Å². The predicted octanol–water partition coefficient (Wildman–Crippen LogP) is 2.57. The van der Waals surface area contributed by atoms with Crippen LogP contribution in [0.15, 0.2) is 0 Å². The van der Waals surface area contributed by atoms with Crippen molar-refractivity contribution in [1.82, 2.24) is 15.5 Å². The number of nitrogens with two attached hydrogens (primary N) is 1. The minimum atomic E-state index is -1.07. The molecule has 3 atom stereocenters. The van der Waals surface area contributed by atoms with E-state index in [4.69, 9.17) is 10.5 Å². The highest BCUT2D eigenvalue weighted by molar-refractivity contribution is 6.37. The molecule has 1 heterocycles. The Kier molecular flexibility index (Phi) is 8.37. The summed E-state index contributed by atoms with van der Waals surface area (Å²) in [5.74, 6) is -2.38. The summed E-state index contributed by atoms with van der Waals surface area (Å²) in [6.07, 6.45) is 10.0. The number of alkyl carbamates (subject to hydrolysis) is 1. The zero-order chi connectivity index (χ0) is 27.7. The van der Waals surface area contributed by atoms with Crippen LogP contribution in [-0.2, 0) is 23.9 Å². The van der Waals surface area contributed by atoms with Gasteiger partial charge in [0, 0.05) is 6.54 Å². The Morgan fingerprint density at radius 1 is 0.947 bits per heavy atom. The van der Waals surface area contributed by atoms with Crippen molar-refractivity contribution in [1.29, 1.82) is 0 Å². The van der Waals surface area contributed by atoms with Crippen molar-refractivity contribution in [2.45, 2.75) is 122 Å². The van der Waals surface area contributed by atoms with Crippen LogP contribution in [0.2, 0.25) is 0 Å². The molecule has 212 valence electrons. The second-order valence-corrected chi connectivity index (χ2v) is 13.0. The van der Waals surface area contributed by atoms with Gasteiger partial charge in [0.2, 0.25) is 17.6 Å². The molecule has 4 N–H and O–H groups in total. The number of carbonyl (C=O) groups excluding carboxylic acids is 5. The van der Waals surface area contributed by atoms with Gasteiger partial charge in [-0.1, -0.05) is 19.3 Å². The summed E-state index contributed by atoms with van der Waals surface area (Å²) in [7, 11) is 0. The zero-order valence-corrected chi connectivity index (χ0v) is 23.1. The number of ketones is 1. The molecule has 4 rings (SSSR count). The topological polar surface area (TPSA) is 148 Å². The Bertz CT molecular complexity index is 941. The Balaban J connectivity index is 1.46. The van der Waals surface area contributed by atoms with Gasteiger partial charge in [0.05, 0.1) is 6.04 Å². The van der Waals surface area contributed by atoms with Crippen LogP contribution in [0.25, 0.3) is 0 Å². The fourth-order valence-corrected chi connectivity index (χ4v) is 6.29. The molecule has 38 heavy (non-hydrogen) atoms. The Morgan fingerprint density at radius 3 is 2.13 bits per heavy atom. The lowest BCUT2D eigenvalue weighted by Gasteiger charge is -2.37. The number of likely N-dealkylation sites (tertiary alicyclic amines) is 1. The number of nitrogens with zero attached hydrogens (tertiary/aromatic N) is 1. The lowest BCUT2D eigenvalue weighted by Crippen LogP contribution is -2.58. The monoisotopic (exact) mass is 532 g/mol. The summed E-state index contributed by atoms with van der Waals surface area (Å²) in [5, 5.41) is 5.58. The normalized spacial score (nSPS) is 24.7. The van der Waals surface area contributed by atoms with Gasteiger partial charge in [-0.05, 0) is 95.8 Å². The van der Waals surface area contributed by atoms with E-state index >= 15 is 0 Å². The molecule has 4 fully saturated rings. The van der Waals surface area contributed by atoms with E-state index in [1.165, 1.54) is 17.7 Å². The minimum absolute atomic E-state index is 0.0339. The summed E-state index contributed by atoms with van der Waals surface area (Å²) in [5.41, 5.74) is 4.97. The highest BCUT2D eigenvalue weighted by atomic mass is 16.6. The summed E-state index contributed by atoms with van der Waals surface area (Å²) in [6, 6.07) is -2.53. The van der Waals surface area contributed by atoms with Crippen molar-refractivity contribution in [2.24, 2.45) is 23.0 Å². The van der Waals surface area contributed by atoms with Gasteiger partial charge in [0.1, 0.15) is 17.7 Å². The fraction of sp³-hybridized carbons (Fsp3) is 0.821. The molecule has 1 spiro atoms. The van der Waals surface area contributed by atoms with E-state index in [1.54, 1.807) is 20.8 Å². The lowest BCUT2D eigenvalue weighted by molar-refractivity contribution is -0.143. The molecule has 10 heteroatoms. The molecule has 4 amide bonds. The van der Waals surface area contributed by atoms with Crippen molar-refractivity contribution in [3.05, 3.63) is 0 Å². The molecule has 0 aromatic carbocycles. The smallest absolute Gasteiger partial charge is 0.408 e. The predicted molar refractivity (Wildman–Crippen MR) is 140 cm³/mol. The van der Waals surface area contributed by atoms with Crippen molar-refractivity contribution < 1.29 is 28.7 Å². The first-order valence-corrected chi connectivity index (χ1v) is 14.3. The Labute approximate surface area is 225 Å². The number of nitrogens with one attached hydrogen (secondary N) is 2. The van der Waals surface area contributed by atoms with E-state index in [9.17, 15) is 24.0 Å². The summed E-state index contributed by atoms with van der Waals surface area (Å²) >= 11 is 0. The number of carbonyl (C=O) groups is 5. The maximum absolute atomic E-state index is 13.9. The van der Waals surface area contributed by atoms with Crippen molar-refractivity contribution in [3.63, 3.8) is 0 Å². The number of Topliss-reactive ketones (excluding diaryl/α,β-unsaturated/α-hetero) is 1. The second kappa shape index (κ2) is 11.2. The summed E-state index contributed by atoms with van der Waals surface area (Å²) in [4.78, 5) is 65.7. The van der Waals surface area contributed by atoms with Gasteiger partial charge in [-0.3, -0.25) is 19.2 Å². The maximum Gasteiger partial charge on any atom is 0.408 e. The molecule has 4 aliphatic rings. The van der Waals surface area contributed by atoms with Crippen molar-refractivity contribution >= 4 is 29.6 Å². The van der Waals surface area contributed by atoms with Gasteiger partial charge < -0.3 is 26.0 Å². The van der Waals surface area contributed by atoms with Crippen LogP contribution in [0, 0.1) is 17.3 Å². The minimum Gasteiger partial charge on any atom is -0.444 e. The second-order valence-electron chi connectivity index (χ2n) is 13.0. The molecule has 10 nitrogen and oxygen atoms in total. The van der Waals surface area contributed by atoms with Crippen LogP contribution < -0.4 is 16.4 Å². The van der Waals surface area contributed by atoms with Crippen molar-refractivity contribution in [2.75, 3.05) is 6.54 Å². The first kappa shape index (κ1) is 28.4. The average Bonchev–Trinajstić information content (AvgIpc) is 3.37. The molecule has 1 saturated heterocycles. The van der Waals surface area contributed by atoms with Gasteiger partial charge >= 0.3 is 6.09 Å². The molecule has 3 saturated carbocycles. The molecular weight excluding hydrogens is 488 g/mol. The van der Waals surface area contributed by atoms with Crippen LogP contribution in [0.1, 0.15) is 97.8 Å². The number of hydrogen-bond acceptors (Lipinski definition) is 6.